The molecule has 1 aliphatic rings. The van der Waals surface area contributed by atoms with Gasteiger partial charge < -0.3 is 19.4 Å². The summed E-state index contributed by atoms with van der Waals surface area (Å²) in [6.07, 6.45) is 5.25. The minimum absolute atomic E-state index is 0.487. The Labute approximate surface area is 115 Å². The molecule has 0 radical (unpaired) electrons. The fraction of sp³-hybridized carbons (Fsp3) is 0.786. The highest BCUT2D eigenvalue weighted by atomic mass is 16.5. The van der Waals surface area contributed by atoms with Crippen LogP contribution in [0.1, 0.15) is 31.9 Å². The predicted molar refractivity (Wildman–Crippen MR) is 75.5 cm³/mol. The molecule has 5 nitrogen and oxygen atoms in total. The zero-order chi connectivity index (χ0) is 13.5. The second kappa shape index (κ2) is 7.50. The van der Waals surface area contributed by atoms with E-state index in [4.69, 9.17) is 9.47 Å². The normalized spacial score (nSPS) is 16.7. The fourth-order valence-corrected chi connectivity index (χ4v) is 2.34. The van der Waals surface area contributed by atoms with Crippen molar-refractivity contribution in [3.05, 3.63) is 11.9 Å². The summed E-state index contributed by atoms with van der Waals surface area (Å²) in [7, 11) is 0. The Hall–Kier alpha value is -1.07. The Balaban J connectivity index is 1.87. The van der Waals surface area contributed by atoms with Gasteiger partial charge in [-0.1, -0.05) is 0 Å². The summed E-state index contributed by atoms with van der Waals surface area (Å²) in [6, 6.07) is 0.487. The maximum Gasteiger partial charge on any atom is 0.203 e. The number of hydrogen-bond donors (Lipinski definition) is 1. The first-order valence-electron chi connectivity index (χ1n) is 7.25. The number of hydrogen-bond acceptors (Lipinski definition) is 4. The van der Waals surface area contributed by atoms with E-state index in [0.717, 1.165) is 63.9 Å². The molecule has 0 amide bonds. The number of rotatable bonds is 7. The standard InChI is InChI=1S/C14H25N3O2/c1-3-18-8-4-7-17-11-12(2)15-14(17)16-13-5-9-19-10-6-13/h11,13H,3-10H2,1-2H3,(H,15,16). The van der Waals surface area contributed by atoms with E-state index in [0.29, 0.717) is 6.04 Å². The van der Waals surface area contributed by atoms with Crippen molar-refractivity contribution in [1.29, 1.82) is 0 Å². The van der Waals surface area contributed by atoms with Crippen LogP contribution in [0.4, 0.5) is 5.95 Å². The summed E-state index contributed by atoms with van der Waals surface area (Å²) in [6.45, 7) is 8.31. The monoisotopic (exact) mass is 267 g/mol. The first-order chi connectivity index (χ1) is 9.29. The Bertz CT molecular complexity index is 373. The third-order valence-corrected chi connectivity index (χ3v) is 3.34. The van der Waals surface area contributed by atoms with Crippen molar-refractivity contribution in [3.8, 4) is 0 Å². The molecule has 19 heavy (non-hydrogen) atoms. The van der Waals surface area contributed by atoms with Crippen molar-refractivity contribution in [2.24, 2.45) is 0 Å². The van der Waals surface area contributed by atoms with E-state index in [1.54, 1.807) is 0 Å². The number of anilines is 1. The van der Waals surface area contributed by atoms with Gasteiger partial charge in [0, 0.05) is 45.2 Å². The van der Waals surface area contributed by atoms with E-state index in [-0.39, 0.29) is 0 Å². The molecule has 1 saturated heterocycles. The molecule has 0 atom stereocenters. The zero-order valence-electron chi connectivity index (χ0n) is 12.0. The highest BCUT2D eigenvalue weighted by Crippen LogP contribution is 2.15. The van der Waals surface area contributed by atoms with Crippen LogP contribution in [0.3, 0.4) is 0 Å². The van der Waals surface area contributed by atoms with Gasteiger partial charge in [-0.05, 0) is 33.1 Å². The van der Waals surface area contributed by atoms with Gasteiger partial charge in [0.2, 0.25) is 5.95 Å². The summed E-state index contributed by atoms with van der Waals surface area (Å²) in [4.78, 5) is 4.57. The molecule has 1 aliphatic heterocycles. The summed E-state index contributed by atoms with van der Waals surface area (Å²) in [5.74, 6) is 0.987. The number of aromatic nitrogens is 2. The Kier molecular flexibility index (Phi) is 5.66. The molecule has 2 rings (SSSR count). The summed E-state index contributed by atoms with van der Waals surface area (Å²) in [5, 5.41) is 3.54. The number of ether oxygens (including phenoxy) is 2. The largest absolute Gasteiger partial charge is 0.382 e. The van der Waals surface area contributed by atoms with Crippen LogP contribution >= 0.6 is 0 Å². The van der Waals surface area contributed by atoms with E-state index in [1.807, 2.05) is 13.8 Å². The average molecular weight is 267 g/mol. The highest BCUT2D eigenvalue weighted by Gasteiger charge is 2.16. The maximum atomic E-state index is 5.38. The van der Waals surface area contributed by atoms with Gasteiger partial charge in [-0.25, -0.2) is 4.98 Å². The lowest BCUT2D eigenvalue weighted by Crippen LogP contribution is -2.29. The van der Waals surface area contributed by atoms with Crippen molar-refractivity contribution < 1.29 is 9.47 Å². The zero-order valence-corrected chi connectivity index (χ0v) is 12.0. The van der Waals surface area contributed by atoms with Gasteiger partial charge in [0.25, 0.3) is 0 Å². The van der Waals surface area contributed by atoms with E-state index < -0.39 is 0 Å². The molecule has 1 aromatic rings. The van der Waals surface area contributed by atoms with E-state index in [1.165, 1.54) is 0 Å². The van der Waals surface area contributed by atoms with Crippen molar-refractivity contribution >= 4 is 5.95 Å². The second-order valence-corrected chi connectivity index (χ2v) is 4.98. The smallest absolute Gasteiger partial charge is 0.203 e. The number of aryl methyl sites for hydroxylation is 2. The van der Waals surface area contributed by atoms with Crippen LogP contribution in [-0.4, -0.2) is 42.0 Å². The van der Waals surface area contributed by atoms with Crippen molar-refractivity contribution in [2.75, 3.05) is 31.7 Å². The van der Waals surface area contributed by atoms with Crippen LogP contribution in [0.5, 0.6) is 0 Å². The SMILES string of the molecule is CCOCCCn1cc(C)nc1NC1CCOCC1. The second-order valence-electron chi connectivity index (χ2n) is 4.98. The summed E-state index contributed by atoms with van der Waals surface area (Å²) in [5.41, 5.74) is 1.06. The van der Waals surface area contributed by atoms with Gasteiger partial charge in [-0.2, -0.15) is 0 Å². The van der Waals surface area contributed by atoms with Crippen LogP contribution in [0, 0.1) is 6.92 Å². The molecule has 108 valence electrons. The summed E-state index contributed by atoms with van der Waals surface area (Å²) >= 11 is 0. The van der Waals surface area contributed by atoms with Crippen molar-refractivity contribution in [3.63, 3.8) is 0 Å². The molecule has 0 saturated carbocycles. The minimum atomic E-state index is 0.487. The first kappa shape index (κ1) is 14.3. The van der Waals surface area contributed by atoms with E-state index in [2.05, 4.69) is 21.1 Å². The van der Waals surface area contributed by atoms with Crippen LogP contribution in [0.2, 0.25) is 0 Å². The molecule has 1 fully saturated rings. The maximum absolute atomic E-state index is 5.38. The Morgan fingerprint density at radius 1 is 1.47 bits per heavy atom. The minimum Gasteiger partial charge on any atom is -0.382 e. The first-order valence-corrected chi connectivity index (χ1v) is 7.25. The fourth-order valence-electron chi connectivity index (χ4n) is 2.34. The topological polar surface area (TPSA) is 48.3 Å². The van der Waals surface area contributed by atoms with Gasteiger partial charge in [0.05, 0.1) is 5.69 Å². The Morgan fingerprint density at radius 2 is 2.26 bits per heavy atom. The van der Waals surface area contributed by atoms with Crippen LogP contribution in [0.15, 0.2) is 6.20 Å². The molecule has 0 spiro atoms. The van der Waals surface area contributed by atoms with E-state index in [9.17, 15) is 0 Å². The molecule has 0 aromatic carbocycles. The lowest BCUT2D eigenvalue weighted by Gasteiger charge is -2.24. The summed E-state index contributed by atoms with van der Waals surface area (Å²) < 4.78 is 13.0. The molecule has 1 aromatic heterocycles. The van der Waals surface area contributed by atoms with Crippen molar-refractivity contribution in [1.82, 2.24) is 9.55 Å². The van der Waals surface area contributed by atoms with Gasteiger partial charge in [-0.3, -0.25) is 0 Å². The van der Waals surface area contributed by atoms with Crippen molar-refractivity contribution in [2.45, 2.75) is 45.7 Å². The van der Waals surface area contributed by atoms with Crippen LogP contribution in [0.25, 0.3) is 0 Å². The number of imidazole rings is 1. The van der Waals surface area contributed by atoms with Gasteiger partial charge >= 0.3 is 0 Å². The van der Waals surface area contributed by atoms with Crippen LogP contribution < -0.4 is 5.32 Å². The molecule has 0 unspecified atom stereocenters. The number of nitrogens with one attached hydrogen (secondary N) is 1. The molecule has 2 heterocycles. The highest BCUT2D eigenvalue weighted by molar-refractivity contribution is 5.30. The quantitative estimate of drug-likeness (QED) is 0.770. The van der Waals surface area contributed by atoms with E-state index >= 15 is 0 Å². The molecule has 5 heteroatoms. The molecule has 1 N–H and O–H groups in total. The lowest BCUT2D eigenvalue weighted by atomic mass is 10.1. The third-order valence-electron chi connectivity index (χ3n) is 3.34. The molecule has 0 aliphatic carbocycles. The Morgan fingerprint density at radius 3 is 3.00 bits per heavy atom. The predicted octanol–water partition coefficient (Wildman–Crippen LogP) is 2.21. The number of nitrogens with zero attached hydrogens (tertiary/aromatic N) is 2. The molecular weight excluding hydrogens is 242 g/mol. The molecular formula is C14H25N3O2. The van der Waals surface area contributed by atoms with Gasteiger partial charge in [0.15, 0.2) is 0 Å². The lowest BCUT2D eigenvalue weighted by molar-refractivity contribution is 0.0902. The average Bonchev–Trinajstić information content (AvgIpc) is 2.76. The third kappa shape index (κ3) is 4.51. The van der Waals surface area contributed by atoms with Gasteiger partial charge in [0.1, 0.15) is 0 Å². The van der Waals surface area contributed by atoms with Crippen LogP contribution in [-0.2, 0) is 16.0 Å². The van der Waals surface area contributed by atoms with Gasteiger partial charge in [-0.15, -0.1) is 0 Å². The molecule has 0 bridgehead atoms.